The van der Waals surface area contributed by atoms with Crippen LogP contribution in [0.1, 0.15) is 26.7 Å². The number of amides is 1. The van der Waals surface area contributed by atoms with E-state index in [0.29, 0.717) is 31.7 Å². The van der Waals surface area contributed by atoms with Crippen molar-refractivity contribution < 1.29 is 13.2 Å². The van der Waals surface area contributed by atoms with Crippen molar-refractivity contribution in [3.63, 3.8) is 0 Å². The maximum Gasteiger partial charge on any atom is 0.265 e. The van der Waals surface area contributed by atoms with Crippen molar-refractivity contribution in [3.8, 4) is 0 Å². The molecule has 0 aliphatic carbocycles. The number of carbonyl (C=O) groups is 1. The average Bonchev–Trinajstić information content (AvgIpc) is 3.01. The predicted octanol–water partition coefficient (Wildman–Crippen LogP) is 2.75. The highest BCUT2D eigenvalue weighted by Gasteiger charge is 2.25. The summed E-state index contributed by atoms with van der Waals surface area (Å²) in [6.45, 7) is 6.91. The number of benzene rings is 1. The summed E-state index contributed by atoms with van der Waals surface area (Å²) < 4.78 is 27.6. The molecule has 1 saturated heterocycles. The Morgan fingerprint density at radius 2 is 1.79 bits per heavy atom. The van der Waals surface area contributed by atoms with Gasteiger partial charge in [-0.15, -0.1) is 0 Å². The van der Waals surface area contributed by atoms with Crippen LogP contribution in [-0.4, -0.2) is 56.9 Å². The molecular formula is C21H28N4O3S. The molecule has 7 nitrogen and oxygen atoms in total. The van der Waals surface area contributed by atoms with Crippen LogP contribution in [0.4, 0.5) is 11.5 Å². The molecule has 29 heavy (non-hydrogen) atoms. The summed E-state index contributed by atoms with van der Waals surface area (Å²) in [5, 5.41) is 0. The standard InChI is InChI=1S/C21H28N4O3S/c1-3-21(26)24-14-8-13-23(15-16-24)20-12-11-19(17-22-20)29(27,28)25(4-2)18-9-6-5-7-10-18/h5-7,9-12,17H,3-4,8,13-16H2,1-2H3. The molecule has 0 bridgehead atoms. The Morgan fingerprint density at radius 3 is 2.41 bits per heavy atom. The molecule has 2 aromatic rings. The Morgan fingerprint density at radius 1 is 1.03 bits per heavy atom. The van der Waals surface area contributed by atoms with Gasteiger partial charge >= 0.3 is 0 Å². The first-order chi connectivity index (χ1) is 14.0. The first-order valence-electron chi connectivity index (χ1n) is 10.0. The van der Waals surface area contributed by atoms with Gasteiger partial charge in [-0.05, 0) is 37.6 Å². The molecule has 2 heterocycles. The molecule has 0 unspecified atom stereocenters. The minimum Gasteiger partial charge on any atom is -0.355 e. The third-order valence-corrected chi connectivity index (χ3v) is 7.00. The number of aromatic nitrogens is 1. The van der Waals surface area contributed by atoms with E-state index < -0.39 is 10.0 Å². The van der Waals surface area contributed by atoms with Crippen LogP contribution < -0.4 is 9.21 Å². The number of hydrogen-bond donors (Lipinski definition) is 0. The summed E-state index contributed by atoms with van der Waals surface area (Å²) in [5.41, 5.74) is 0.632. The lowest BCUT2D eigenvalue weighted by Crippen LogP contribution is -2.35. The first kappa shape index (κ1) is 21.1. The molecule has 1 aliphatic rings. The van der Waals surface area contributed by atoms with E-state index in [9.17, 15) is 13.2 Å². The minimum absolute atomic E-state index is 0.168. The van der Waals surface area contributed by atoms with Crippen LogP contribution in [-0.2, 0) is 14.8 Å². The second-order valence-corrected chi connectivity index (χ2v) is 8.79. The fourth-order valence-corrected chi connectivity index (χ4v) is 4.96. The van der Waals surface area contributed by atoms with Gasteiger partial charge in [0.2, 0.25) is 5.91 Å². The molecular weight excluding hydrogens is 388 g/mol. The van der Waals surface area contributed by atoms with Crippen LogP contribution in [0.2, 0.25) is 0 Å². The van der Waals surface area contributed by atoms with E-state index in [-0.39, 0.29) is 10.8 Å². The number of carbonyl (C=O) groups excluding carboxylic acids is 1. The number of nitrogens with zero attached hydrogens (tertiary/aromatic N) is 4. The maximum absolute atomic E-state index is 13.1. The maximum atomic E-state index is 13.1. The molecule has 1 amide bonds. The van der Waals surface area contributed by atoms with E-state index in [1.54, 1.807) is 24.3 Å². The lowest BCUT2D eigenvalue weighted by Gasteiger charge is -2.24. The van der Waals surface area contributed by atoms with Crippen LogP contribution in [0.3, 0.4) is 0 Å². The highest BCUT2D eigenvalue weighted by atomic mass is 32.2. The molecule has 1 fully saturated rings. The Bertz CT molecular complexity index is 917. The van der Waals surface area contributed by atoms with E-state index in [1.807, 2.05) is 36.9 Å². The average molecular weight is 417 g/mol. The Balaban J connectivity index is 1.76. The number of rotatable bonds is 6. The fraction of sp³-hybridized carbons (Fsp3) is 0.429. The predicted molar refractivity (Wildman–Crippen MR) is 115 cm³/mol. The van der Waals surface area contributed by atoms with Crippen molar-refractivity contribution in [2.24, 2.45) is 0 Å². The molecule has 0 radical (unpaired) electrons. The molecule has 0 saturated carbocycles. The fourth-order valence-electron chi connectivity index (χ4n) is 3.54. The molecule has 1 aromatic heterocycles. The Kier molecular flexibility index (Phi) is 6.74. The monoisotopic (exact) mass is 416 g/mol. The van der Waals surface area contributed by atoms with Crippen molar-refractivity contribution in [3.05, 3.63) is 48.7 Å². The van der Waals surface area contributed by atoms with Gasteiger partial charge in [0.05, 0.1) is 5.69 Å². The van der Waals surface area contributed by atoms with Crippen molar-refractivity contribution in [2.45, 2.75) is 31.6 Å². The van der Waals surface area contributed by atoms with Crippen molar-refractivity contribution in [2.75, 3.05) is 41.9 Å². The van der Waals surface area contributed by atoms with E-state index >= 15 is 0 Å². The molecule has 8 heteroatoms. The van der Waals surface area contributed by atoms with Crippen LogP contribution >= 0.6 is 0 Å². The van der Waals surface area contributed by atoms with E-state index in [4.69, 9.17) is 0 Å². The van der Waals surface area contributed by atoms with Gasteiger partial charge in [-0.3, -0.25) is 9.10 Å². The molecule has 0 atom stereocenters. The summed E-state index contributed by atoms with van der Waals surface area (Å²) >= 11 is 0. The van der Waals surface area contributed by atoms with Gasteiger partial charge in [0.1, 0.15) is 10.7 Å². The third kappa shape index (κ3) is 4.70. The van der Waals surface area contributed by atoms with Crippen LogP contribution in [0.5, 0.6) is 0 Å². The van der Waals surface area contributed by atoms with Crippen LogP contribution in [0.15, 0.2) is 53.6 Å². The highest BCUT2D eigenvalue weighted by Crippen LogP contribution is 2.24. The molecule has 0 spiro atoms. The molecule has 3 rings (SSSR count). The van der Waals surface area contributed by atoms with Crippen molar-refractivity contribution in [1.82, 2.24) is 9.88 Å². The second-order valence-electron chi connectivity index (χ2n) is 6.93. The zero-order chi connectivity index (χ0) is 20.9. The van der Waals surface area contributed by atoms with E-state index in [0.717, 1.165) is 25.3 Å². The van der Waals surface area contributed by atoms with Gasteiger partial charge in [0, 0.05) is 45.3 Å². The summed E-state index contributed by atoms with van der Waals surface area (Å²) in [4.78, 5) is 20.5. The first-order valence-corrected chi connectivity index (χ1v) is 11.5. The number of anilines is 2. The minimum atomic E-state index is -3.68. The highest BCUT2D eigenvalue weighted by molar-refractivity contribution is 7.92. The van der Waals surface area contributed by atoms with Gasteiger partial charge in [0.25, 0.3) is 10.0 Å². The number of pyridine rings is 1. The number of sulfonamides is 1. The summed E-state index contributed by atoms with van der Waals surface area (Å²) in [6, 6.07) is 12.4. The lowest BCUT2D eigenvalue weighted by molar-refractivity contribution is -0.130. The Hall–Kier alpha value is -2.61. The normalized spacial score (nSPS) is 15.1. The lowest BCUT2D eigenvalue weighted by atomic mass is 10.3. The summed E-state index contributed by atoms with van der Waals surface area (Å²) in [5.74, 6) is 0.902. The van der Waals surface area contributed by atoms with Crippen LogP contribution in [0, 0.1) is 0 Å². The van der Waals surface area contributed by atoms with E-state index in [1.165, 1.54) is 10.5 Å². The summed E-state index contributed by atoms with van der Waals surface area (Å²) in [6.07, 6.45) is 2.81. The molecule has 1 aromatic carbocycles. The Labute approximate surface area is 173 Å². The van der Waals surface area contributed by atoms with Crippen molar-refractivity contribution >= 4 is 27.4 Å². The second kappa shape index (κ2) is 9.26. The SMILES string of the molecule is CCC(=O)N1CCCN(c2ccc(S(=O)(=O)N(CC)c3ccccc3)cn2)CC1. The van der Waals surface area contributed by atoms with Gasteiger partial charge in [-0.2, -0.15) is 0 Å². The van der Waals surface area contributed by atoms with Gasteiger partial charge in [0.15, 0.2) is 0 Å². The number of hydrogen-bond acceptors (Lipinski definition) is 5. The largest absolute Gasteiger partial charge is 0.355 e. The van der Waals surface area contributed by atoms with E-state index in [2.05, 4.69) is 9.88 Å². The number of para-hydroxylation sites is 1. The van der Waals surface area contributed by atoms with Crippen LogP contribution in [0.25, 0.3) is 0 Å². The van der Waals surface area contributed by atoms with Gasteiger partial charge < -0.3 is 9.80 Å². The third-order valence-electron chi connectivity index (χ3n) is 5.12. The quantitative estimate of drug-likeness (QED) is 0.724. The van der Waals surface area contributed by atoms with Crippen molar-refractivity contribution in [1.29, 1.82) is 0 Å². The molecule has 156 valence electrons. The van der Waals surface area contributed by atoms with Gasteiger partial charge in [-0.1, -0.05) is 25.1 Å². The topological polar surface area (TPSA) is 73.8 Å². The zero-order valence-electron chi connectivity index (χ0n) is 17.0. The molecule has 0 N–H and O–H groups in total. The van der Waals surface area contributed by atoms with Gasteiger partial charge in [-0.25, -0.2) is 13.4 Å². The zero-order valence-corrected chi connectivity index (χ0v) is 17.8. The molecule has 1 aliphatic heterocycles. The smallest absolute Gasteiger partial charge is 0.265 e. The summed E-state index contributed by atoms with van der Waals surface area (Å²) in [7, 11) is -3.68.